The van der Waals surface area contributed by atoms with Crippen molar-refractivity contribution in [2.75, 3.05) is 20.1 Å². The molecule has 0 N–H and O–H groups in total. The number of ether oxygens (including phenoxy) is 1. The molecule has 9 heteroatoms. The maximum absolute atomic E-state index is 15.3. The Morgan fingerprint density at radius 3 is 2.51 bits per heavy atom. The van der Waals surface area contributed by atoms with Gasteiger partial charge in [-0.15, -0.1) is 11.3 Å². The Morgan fingerprint density at radius 1 is 1.16 bits per heavy atom. The van der Waals surface area contributed by atoms with Gasteiger partial charge in [0.1, 0.15) is 11.9 Å². The molecule has 3 aliphatic rings. The van der Waals surface area contributed by atoms with Crippen LogP contribution in [-0.2, 0) is 16.1 Å². The number of halogens is 2. The first-order valence-corrected chi connectivity index (χ1v) is 13.6. The molecule has 2 amide bonds. The molecule has 0 spiro atoms. The van der Waals surface area contributed by atoms with Gasteiger partial charge in [-0.2, -0.15) is 0 Å². The molecule has 6 rings (SSSR count). The minimum Gasteiger partial charge on any atom is -0.485 e. The van der Waals surface area contributed by atoms with Gasteiger partial charge < -0.3 is 4.74 Å². The topological polar surface area (TPSA) is 62.7 Å². The van der Waals surface area contributed by atoms with E-state index in [1.54, 1.807) is 13.1 Å². The van der Waals surface area contributed by atoms with Gasteiger partial charge in [-0.3, -0.25) is 24.4 Å². The Labute approximate surface area is 224 Å². The Morgan fingerprint density at radius 2 is 1.86 bits per heavy atom. The molecule has 4 atom stereocenters. The number of amides is 2. The number of alkyl halides is 1. The number of piperidine rings is 1. The molecule has 0 bridgehead atoms. The number of carbonyl (C=O) groups excluding carboxylic acids is 2. The Kier molecular flexibility index (Phi) is 5.50. The number of benzene rings is 1. The van der Waals surface area contributed by atoms with Crippen molar-refractivity contribution in [2.45, 2.75) is 46.0 Å². The molecule has 1 aliphatic carbocycles. The molecular weight excluding hydrogens is 513 g/mol. The number of hydrogen-bond donors (Lipinski definition) is 0. The highest BCUT2D eigenvalue weighted by Gasteiger charge is 2.72. The molecule has 4 heterocycles. The normalized spacial score (nSPS) is 28.8. The van der Waals surface area contributed by atoms with Crippen LogP contribution in [0, 0.1) is 24.2 Å². The summed E-state index contributed by atoms with van der Waals surface area (Å²) in [6.07, 6.45) is 1.11. The number of aromatic nitrogens is 1. The maximum Gasteiger partial charge on any atom is 0.234 e. The molecule has 1 saturated carbocycles. The Balaban J connectivity index is 1.36. The summed E-state index contributed by atoms with van der Waals surface area (Å²) in [5.41, 5.74) is 1.52. The van der Waals surface area contributed by atoms with Crippen molar-refractivity contribution in [3.8, 4) is 16.9 Å². The van der Waals surface area contributed by atoms with Crippen LogP contribution in [0.5, 0.6) is 5.75 Å². The van der Waals surface area contributed by atoms with Gasteiger partial charge >= 0.3 is 0 Å². The van der Waals surface area contributed by atoms with Crippen molar-refractivity contribution in [3.05, 3.63) is 45.9 Å². The zero-order valence-corrected chi connectivity index (χ0v) is 23.0. The van der Waals surface area contributed by atoms with E-state index in [0.717, 1.165) is 31.8 Å². The zero-order valence-electron chi connectivity index (χ0n) is 21.5. The number of nitrogens with zero attached hydrogens (tertiary/aromatic N) is 3. The highest BCUT2D eigenvalue weighted by Crippen LogP contribution is 2.63. The van der Waals surface area contributed by atoms with Crippen molar-refractivity contribution in [1.82, 2.24) is 14.8 Å². The Hall–Kier alpha value is -2.55. The number of likely N-dealkylation sites (tertiary alicyclic amines) is 2. The van der Waals surface area contributed by atoms with E-state index in [-0.39, 0.29) is 35.6 Å². The van der Waals surface area contributed by atoms with Gasteiger partial charge in [0.25, 0.3) is 0 Å². The quantitative estimate of drug-likeness (QED) is 0.400. The van der Waals surface area contributed by atoms with Crippen LogP contribution < -0.4 is 4.74 Å². The summed E-state index contributed by atoms with van der Waals surface area (Å²) in [6.45, 7) is 8.48. The third kappa shape index (κ3) is 3.87. The summed E-state index contributed by atoms with van der Waals surface area (Å²) in [5, 5.41) is 0.559. The van der Waals surface area contributed by atoms with Crippen molar-refractivity contribution in [2.24, 2.45) is 17.3 Å². The van der Waals surface area contributed by atoms with Crippen LogP contribution in [-0.4, -0.2) is 58.5 Å². The summed E-state index contributed by atoms with van der Waals surface area (Å²) in [4.78, 5) is 34.5. The van der Waals surface area contributed by atoms with Crippen molar-refractivity contribution in [3.63, 3.8) is 0 Å². The molecule has 1 aromatic carbocycles. The molecule has 6 nitrogen and oxygen atoms in total. The van der Waals surface area contributed by atoms with E-state index in [1.807, 2.05) is 57.0 Å². The van der Waals surface area contributed by atoms with E-state index in [9.17, 15) is 9.59 Å². The lowest BCUT2D eigenvalue weighted by molar-refractivity contribution is -0.143. The number of imide groups is 1. The largest absolute Gasteiger partial charge is 0.485 e. The molecule has 2 saturated heterocycles. The number of thiophene rings is 1. The first kappa shape index (κ1) is 24.8. The maximum atomic E-state index is 15.3. The minimum absolute atomic E-state index is 0.0809. The summed E-state index contributed by atoms with van der Waals surface area (Å²) in [6, 6.07) is 7.50. The molecule has 37 heavy (non-hydrogen) atoms. The lowest BCUT2D eigenvalue weighted by atomic mass is 10.0. The third-order valence-corrected chi connectivity index (χ3v) is 9.55. The van der Waals surface area contributed by atoms with Gasteiger partial charge in [0.2, 0.25) is 11.8 Å². The minimum atomic E-state index is -1.48. The molecule has 4 unspecified atom stereocenters. The zero-order chi connectivity index (χ0) is 26.4. The Bertz CT molecular complexity index is 1440. The van der Waals surface area contributed by atoms with E-state index < -0.39 is 11.8 Å². The summed E-state index contributed by atoms with van der Waals surface area (Å²) >= 11 is 7.98. The predicted octanol–water partition coefficient (Wildman–Crippen LogP) is 5.49. The fraction of sp³-hybridized carbons (Fsp3) is 0.464. The lowest BCUT2D eigenvalue weighted by Crippen LogP contribution is -2.38. The van der Waals surface area contributed by atoms with Crippen molar-refractivity contribution >= 4 is 45.0 Å². The third-order valence-electron chi connectivity index (χ3n) is 8.19. The van der Waals surface area contributed by atoms with Crippen LogP contribution in [0.3, 0.4) is 0 Å². The second-order valence-electron chi connectivity index (χ2n) is 11.5. The molecule has 3 aromatic rings. The number of fused-ring (bicyclic) bond motifs is 2. The van der Waals surface area contributed by atoms with E-state index in [0.29, 0.717) is 23.9 Å². The number of likely N-dealkylation sites (N-methyl/N-ethyl adjacent to an activating group) is 1. The van der Waals surface area contributed by atoms with E-state index >= 15 is 4.39 Å². The second-order valence-corrected chi connectivity index (χ2v) is 13.1. The first-order valence-electron chi connectivity index (χ1n) is 12.5. The smallest absolute Gasteiger partial charge is 0.234 e. The fourth-order valence-corrected chi connectivity index (χ4v) is 7.55. The average Bonchev–Trinajstić information content (AvgIpc) is 3.06. The highest BCUT2D eigenvalue weighted by molar-refractivity contribution is 7.19. The van der Waals surface area contributed by atoms with Crippen LogP contribution in [0.2, 0.25) is 5.02 Å². The molecule has 0 radical (unpaired) electrons. The van der Waals surface area contributed by atoms with Crippen LogP contribution in [0.25, 0.3) is 21.3 Å². The van der Waals surface area contributed by atoms with Gasteiger partial charge in [-0.1, -0.05) is 25.4 Å². The molecule has 2 aromatic heterocycles. The van der Waals surface area contributed by atoms with Crippen LogP contribution in [0.1, 0.15) is 31.2 Å². The number of hydrogen-bond acceptors (Lipinski definition) is 6. The van der Waals surface area contributed by atoms with Crippen molar-refractivity contribution < 1.29 is 18.7 Å². The van der Waals surface area contributed by atoms with Crippen LogP contribution in [0.4, 0.5) is 4.39 Å². The number of aryl methyl sites for hydroxylation is 1. The van der Waals surface area contributed by atoms with Crippen LogP contribution in [0.15, 0.2) is 30.5 Å². The summed E-state index contributed by atoms with van der Waals surface area (Å²) < 4.78 is 22.6. The van der Waals surface area contributed by atoms with Gasteiger partial charge in [0.05, 0.1) is 28.6 Å². The molecule has 194 valence electrons. The summed E-state index contributed by atoms with van der Waals surface area (Å²) in [5.74, 6) is 0.0366. The SMILES string of the molecule is Cc1cc(Cl)cc(-c2ccnc3cc(CN4C(=O)C5C(C4=O)C5(C)C)sc23)c1OC1CN(C)CC1(C)F. The average molecular weight is 542 g/mol. The monoisotopic (exact) mass is 541 g/mol. The highest BCUT2D eigenvalue weighted by atomic mass is 35.5. The first-order chi connectivity index (χ1) is 17.4. The van der Waals surface area contributed by atoms with Gasteiger partial charge in [0.15, 0.2) is 5.67 Å². The molecule has 3 fully saturated rings. The summed E-state index contributed by atoms with van der Waals surface area (Å²) in [7, 11) is 1.89. The predicted molar refractivity (Wildman–Crippen MR) is 143 cm³/mol. The fourth-order valence-electron chi connectivity index (χ4n) is 6.15. The lowest BCUT2D eigenvalue weighted by Gasteiger charge is -2.25. The number of carbonyl (C=O) groups is 2. The van der Waals surface area contributed by atoms with E-state index in [2.05, 4.69) is 4.98 Å². The van der Waals surface area contributed by atoms with Crippen molar-refractivity contribution in [1.29, 1.82) is 0 Å². The van der Waals surface area contributed by atoms with E-state index in [4.69, 9.17) is 16.3 Å². The molecule has 2 aliphatic heterocycles. The number of pyridine rings is 1. The second kappa shape index (κ2) is 8.22. The number of rotatable bonds is 5. The van der Waals surface area contributed by atoms with Gasteiger partial charge in [-0.25, -0.2) is 4.39 Å². The standard InChI is InChI=1S/C28H29ClFN3O3S/c1-14-8-15(29)9-18(23(14)36-20-12-32(5)13-28(20,4)30)17-6-7-31-19-10-16(37-24(17)19)11-33-25(34)21-22(26(33)35)27(21,2)3/h6-10,20-22H,11-13H2,1-5H3. The molecular formula is C28H29ClFN3O3S. The van der Waals surface area contributed by atoms with Gasteiger partial charge in [-0.05, 0) is 56.1 Å². The van der Waals surface area contributed by atoms with Gasteiger partial charge in [0, 0.05) is 40.3 Å². The van der Waals surface area contributed by atoms with E-state index in [1.165, 1.54) is 16.2 Å². The van der Waals surface area contributed by atoms with Crippen LogP contribution >= 0.6 is 22.9 Å².